The maximum absolute atomic E-state index is 12.1. The van der Waals surface area contributed by atoms with Gasteiger partial charge in [-0.05, 0) is 20.3 Å². The molecule has 0 fully saturated rings. The third-order valence-corrected chi connectivity index (χ3v) is 2.40. The molecule has 4 heteroatoms. The summed E-state index contributed by atoms with van der Waals surface area (Å²) >= 11 is 0. The molecule has 1 aromatic rings. The number of nitrogens with zero attached hydrogens (tertiary/aromatic N) is 1. The SMILES string of the molecule is CCCN(C(=O)c1c[nH]ccc1=O)C(C)C. The Morgan fingerprint density at radius 3 is 2.69 bits per heavy atom. The number of rotatable bonds is 4. The second kappa shape index (κ2) is 5.49. The molecule has 16 heavy (non-hydrogen) atoms. The number of nitrogens with one attached hydrogen (secondary N) is 1. The zero-order valence-corrected chi connectivity index (χ0v) is 9.99. The van der Waals surface area contributed by atoms with Crippen LogP contribution in [-0.2, 0) is 0 Å². The van der Waals surface area contributed by atoms with E-state index in [1.54, 1.807) is 4.90 Å². The number of carbonyl (C=O) groups is 1. The maximum Gasteiger partial charge on any atom is 0.259 e. The predicted octanol–water partition coefficient (Wildman–Crippen LogP) is 1.64. The van der Waals surface area contributed by atoms with Crippen molar-refractivity contribution in [3.8, 4) is 0 Å². The number of hydrogen-bond donors (Lipinski definition) is 1. The molecule has 0 aliphatic carbocycles. The summed E-state index contributed by atoms with van der Waals surface area (Å²) in [5, 5.41) is 0. The lowest BCUT2D eigenvalue weighted by molar-refractivity contribution is 0.0704. The van der Waals surface area contributed by atoms with Crippen molar-refractivity contribution in [1.82, 2.24) is 9.88 Å². The summed E-state index contributed by atoms with van der Waals surface area (Å²) in [6.45, 7) is 6.58. The Labute approximate surface area is 95.3 Å². The largest absolute Gasteiger partial charge is 0.367 e. The predicted molar refractivity (Wildman–Crippen MR) is 63.5 cm³/mol. The third kappa shape index (κ3) is 2.72. The van der Waals surface area contributed by atoms with Gasteiger partial charge in [0.05, 0.1) is 0 Å². The molecule has 1 rings (SSSR count). The van der Waals surface area contributed by atoms with Crippen molar-refractivity contribution >= 4 is 5.91 Å². The van der Waals surface area contributed by atoms with Crippen LogP contribution in [0.4, 0.5) is 0 Å². The average Bonchev–Trinajstić information content (AvgIpc) is 2.25. The van der Waals surface area contributed by atoms with Crippen molar-refractivity contribution in [2.24, 2.45) is 0 Å². The van der Waals surface area contributed by atoms with Gasteiger partial charge < -0.3 is 9.88 Å². The molecule has 1 amide bonds. The second-order valence-corrected chi connectivity index (χ2v) is 4.01. The Balaban J connectivity index is 3.00. The molecule has 88 valence electrons. The van der Waals surface area contributed by atoms with Gasteiger partial charge in [0.1, 0.15) is 5.56 Å². The van der Waals surface area contributed by atoms with Gasteiger partial charge in [0.25, 0.3) is 5.91 Å². The molecule has 0 spiro atoms. The molecular weight excluding hydrogens is 204 g/mol. The zero-order valence-electron chi connectivity index (χ0n) is 9.99. The quantitative estimate of drug-likeness (QED) is 0.842. The highest BCUT2D eigenvalue weighted by Gasteiger charge is 2.19. The van der Waals surface area contributed by atoms with E-state index in [9.17, 15) is 9.59 Å². The Morgan fingerprint density at radius 1 is 1.50 bits per heavy atom. The number of aromatic nitrogens is 1. The molecule has 0 bridgehead atoms. The Hall–Kier alpha value is -1.58. The molecule has 4 nitrogen and oxygen atoms in total. The topological polar surface area (TPSA) is 53.2 Å². The fourth-order valence-electron chi connectivity index (χ4n) is 1.57. The molecule has 1 aromatic heterocycles. The highest BCUT2D eigenvalue weighted by molar-refractivity contribution is 5.93. The van der Waals surface area contributed by atoms with Gasteiger partial charge in [0.15, 0.2) is 5.43 Å². The molecule has 0 saturated heterocycles. The first-order valence-corrected chi connectivity index (χ1v) is 5.56. The van der Waals surface area contributed by atoms with E-state index in [2.05, 4.69) is 4.98 Å². The van der Waals surface area contributed by atoms with Crippen molar-refractivity contribution < 1.29 is 4.79 Å². The molecule has 0 unspecified atom stereocenters. The minimum atomic E-state index is -0.231. The van der Waals surface area contributed by atoms with Crippen molar-refractivity contribution in [3.63, 3.8) is 0 Å². The summed E-state index contributed by atoms with van der Waals surface area (Å²) < 4.78 is 0. The van der Waals surface area contributed by atoms with Crippen molar-refractivity contribution in [2.45, 2.75) is 33.2 Å². The van der Waals surface area contributed by atoms with Crippen molar-refractivity contribution in [1.29, 1.82) is 0 Å². The summed E-state index contributed by atoms with van der Waals surface area (Å²) in [6.07, 6.45) is 3.88. The van der Waals surface area contributed by atoms with Gasteiger partial charge in [0, 0.05) is 31.0 Å². The molecule has 0 aliphatic heterocycles. The van der Waals surface area contributed by atoms with Crippen LogP contribution in [0.2, 0.25) is 0 Å². The number of H-pyrrole nitrogens is 1. The van der Waals surface area contributed by atoms with Gasteiger partial charge in [-0.2, -0.15) is 0 Å². The monoisotopic (exact) mass is 222 g/mol. The van der Waals surface area contributed by atoms with E-state index in [1.165, 1.54) is 18.5 Å². The maximum atomic E-state index is 12.1. The average molecular weight is 222 g/mol. The van der Waals surface area contributed by atoms with E-state index in [1.807, 2.05) is 20.8 Å². The molecule has 0 saturated carbocycles. The van der Waals surface area contributed by atoms with Crippen LogP contribution in [0.5, 0.6) is 0 Å². The van der Waals surface area contributed by atoms with Crippen LogP contribution >= 0.6 is 0 Å². The lowest BCUT2D eigenvalue weighted by Crippen LogP contribution is -2.39. The van der Waals surface area contributed by atoms with Crippen LogP contribution in [0, 0.1) is 0 Å². The summed E-state index contributed by atoms with van der Waals surface area (Å²) in [7, 11) is 0. The fraction of sp³-hybridized carbons (Fsp3) is 0.500. The zero-order chi connectivity index (χ0) is 12.1. The molecule has 0 aliphatic rings. The highest BCUT2D eigenvalue weighted by Crippen LogP contribution is 2.05. The molecule has 0 aromatic carbocycles. The first-order valence-electron chi connectivity index (χ1n) is 5.56. The van der Waals surface area contributed by atoms with Gasteiger partial charge in [-0.25, -0.2) is 0 Å². The Morgan fingerprint density at radius 2 is 2.19 bits per heavy atom. The van der Waals surface area contributed by atoms with Crippen LogP contribution in [0.25, 0.3) is 0 Å². The molecule has 1 heterocycles. The first-order chi connectivity index (χ1) is 7.57. The van der Waals surface area contributed by atoms with E-state index in [0.29, 0.717) is 6.54 Å². The van der Waals surface area contributed by atoms with E-state index < -0.39 is 0 Å². The minimum Gasteiger partial charge on any atom is -0.367 e. The lowest BCUT2D eigenvalue weighted by Gasteiger charge is -2.25. The van der Waals surface area contributed by atoms with Gasteiger partial charge in [-0.1, -0.05) is 6.92 Å². The smallest absolute Gasteiger partial charge is 0.259 e. The van der Waals surface area contributed by atoms with Crippen LogP contribution in [0.15, 0.2) is 23.3 Å². The van der Waals surface area contributed by atoms with Crippen molar-refractivity contribution in [2.75, 3.05) is 6.54 Å². The number of carbonyl (C=O) groups excluding carboxylic acids is 1. The minimum absolute atomic E-state index is 0.104. The van der Waals surface area contributed by atoms with Crippen LogP contribution in [0.1, 0.15) is 37.6 Å². The number of hydrogen-bond acceptors (Lipinski definition) is 2. The summed E-state index contributed by atoms with van der Waals surface area (Å²) in [5.74, 6) is -0.196. The number of amides is 1. The van der Waals surface area contributed by atoms with E-state index in [4.69, 9.17) is 0 Å². The standard InChI is InChI=1S/C12H18N2O2/c1-4-7-14(9(2)3)12(16)10-8-13-6-5-11(10)15/h5-6,8-9H,4,7H2,1-3H3,(H,13,15). The number of pyridine rings is 1. The third-order valence-electron chi connectivity index (χ3n) is 2.40. The van der Waals surface area contributed by atoms with E-state index in [-0.39, 0.29) is 22.9 Å². The molecule has 0 atom stereocenters. The van der Waals surface area contributed by atoms with Gasteiger partial charge in [0.2, 0.25) is 0 Å². The van der Waals surface area contributed by atoms with Crippen molar-refractivity contribution in [3.05, 3.63) is 34.2 Å². The summed E-state index contributed by atoms with van der Waals surface area (Å²) in [5.41, 5.74) is -0.0184. The van der Waals surface area contributed by atoms with Gasteiger partial charge in [-0.3, -0.25) is 9.59 Å². The highest BCUT2D eigenvalue weighted by atomic mass is 16.2. The Kier molecular flexibility index (Phi) is 4.28. The van der Waals surface area contributed by atoms with E-state index in [0.717, 1.165) is 6.42 Å². The molecular formula is C12H18N2O2. The first kappa shape index (κ1) is 12.5. The fourth-order valence-corrected chi connectivity index (χ4v) is 1.57. The van der Waals surface area contributed by atoms with E-state index >= 15 is 0 Å². The van der Waals surface area contributed by atoms with Gasteiger partial charge in [-0.15, -0.1) is 0 Å². The number of aromatic amines is 1. The van der Waals surface area contributed by atoms with Crippen LogP contribution in [-0.4, -0.2) is 28.4 Å². The van der Waals surface area contributed by atoms with Crippen LogP contribution < -0.4 is 5.43 Å². The molecule has 0 radical (unpaired) electrons. The van der Waals surface area contributed by atoms with Gasteiger partial charge >= 0.3 is 0 Å². The van der Waals surface area contributed by atoms with Crippen LogP contribution in [0.3, 0.4) is 0 Å². The molecule has 1 N–H and O–H groups in total. The normalized spacial score (nSPS) is 10.5. The summed E-state index contributed by atoms with van der Waals surface area (Å²) in [6, 6.07) is 1.48. The second-order valence-electron chi connectivity index (χ2n) is 4.01. The summed E-state index contributed by atoms with van der Waals surface area (Å²) in [4.78, 5) is 28.1. The lowest BCUT2D eigenvalue weighted by atomic mass is 10.2. The Bertz CT molecular complexity index is 409.